The quantitative estimate of drug-likeness (QED) is 0.471. The van der Waals surface area contributed by atoms with Crippen molar-refractivity contribution in [2.75, 3.05) is 11.9 Å². The van der Waals surface area contributed by atoms with Gasteiger partial charge in [0.15, 0.2) is 0 Å². The molecular weight excluding hydrogens is 246 g/mol. The van der Waals surface area contributed by atoms with E-state index >= 15 is 0 Å². The third kappa shape index (κ3) is 3.27. The number of aromatic nitrogens is 3. The van der Waals surface area contributed by atoms with Crippen molar-refractivity contribution in [3.8, 4) is 0 Å². The number of nitrogens with zero attached hydrogens (tertiary/aromatic N) is 3. The van der Waals surface area contributed by atoms with E-state index in [0.717, 1.165) is 18.5 Å². The summed E-state index contributed by atoms with van der Waals surface area (Å²) in [6, 6.07) is 3.34. The van der Waals surface area contributed by atoms with Gasteiger partial charge in [-0.15, -0.1) is 0 Å². The lowest BCUT2D eigenvalue weighted by molar-refractivity contribution is -0.388. The minimum absolute atomic E-state index is 0.137. The van der Waals surface area contributed by atoms with Crippen LogP contribution in [0.5, 0.6) is 0 Å². The fourth-order valence-electron chi connectivity index (χ4n) is 1.81. The molecule has 0 aliphatic heterocycles. The molecule has 0 unspecified atom stereocenters. The smallest absolute Gasteiger partial charge is 0.378 e. The maximum absolute atomic E-state index is 10.8. The van der Waals surface area contributed by atoms with E-state index in [0.29, 0.717) is 12.2 Å². The molecule has 19 heavy (non-hydrogen) atoms. The van der Waals surface area contributed by atoms with Crippen molar-refractivity contribution >= 4 is 11.5 Å². The fourth-order valence-corrected chi connectivity index (χ4v) is 1.81. The van der Waals surface area contributed by atoms with Crippen molar-refractivity contribution in [2.24, 2.45) is 0 Å². The van der Waals surface area contributed by atoms with E-state index in [2.05, 4.69) is 20.5 Å². The molecule has 0 aromatic carbocycles. The molecule has 0 fully saturated rings. The first-order valence-corrected chi connectivity index (χ1v) is 6.00. The van der Waals surface area contributed by atoms with Gasteiger partial charge in [0, 0.05) is 12.2 Å². The van der Waals surface area contributed by atoms with Crippen LogP contribution in [0.1, 0.15) is 17.7 Å². The third-order valence-corrected chi connectivity index (χ3v) is 2.83. The summed E-state index contributed by atoms with van der Waals surface area (Å²) >= 11 is 0. The molecule has 0 atom stereocenters. The number of hydrogen-bond acceptors (Lipinski definition) is 5. The van der Waals surface area contributed by atoms with Crippen LogP contribution in [0, 0.1) is 17.0 Å². The highest BCUT2D eigenvalue weighted by Crippen LogP contribution is 2.19. The van der Waals surface area contributed by atoms with E-state index in [1.54, 1.807) is 12.1 Å². The maximum Gasteiger partial charge on any atom is 0.386 e. The molecule has 0 bridgehead atoms. The summed E-state index contributed by atoms with van der Waals surface area (Å²) < 4.78 is 0. The lowest BCUT2D eigenvalue weighted by atomic mass is 10.1. The van der Waals surface area contributed by atoms with Crippen LogP contribution in [-0.4, -0.2) is 26.6 Å². The van der Waals surface area contributed by atoms with E-state index in [-0.39, 0.29) is 5.82 Å². The standard InChI is InChI=1S/C12H15N5O2/c1-9-10(8-15-16-9)4-2-6-13-11-5-3-7-14-12(11)17(18)19/h3,5,7-8,13H,2,4,6H2,1H3,(H,15,16). The zero-order valence-corrected chi connectivity index (χ0v) is 10.6. The van der Waals surface area contributed by atoms with Crippen LogP contribution in [0.2, 0.25) is 0 Å². The summed E-state index contributed by atoms with van der Waals surface area (Å²) in [7, 11) is 0. The van der Waals surface area contributed by atoms with E-state index in [4.69, 9.17) is 0 Å². The molecule has 0 saturated carbocycles. The number of pyridine rings is 1. The van der Waals surface area contributed by atoms with Gasteiger partial charge in [0.05, 0.1) is 6.20 Å². The number of nitro groups is 1. The van der Waals surface area contributed by atoms with E-state index in [1.807, 2.05) is 13.1 Å². The second kappa shape index (κ2) is 5.94. The lowest BCUT2D eigenvalue weighted by Gasteiger charge is -2.05. The first-order valence-electron chi connectivity index (χ1n) is 6.00. The van der Waals surface area contributed by atoms with Crippen LogP contribution in [0.25, 0.3) is 0 Å². The van der Waals surface area contributed by atoms with E-state index < -0.39 is 4.92 Å². The van der Waals surface area contributed by atoms with Gasteiger partial charge in [-0.25, -0.2) is 0 Å². The summed E-state index contributed by atoms with van der Waals surface area (Å²) in [6.07, 6.45) is 4.97. The number of aromatic amines is 1. The second-order valence-corrected chi connectivity index (χ2v) is 4.18. The number of nitrogens with one attached hydrogen (secondary N) is 2. The molecule has 0 saturated heterocycles. The van der Waals surface area contributed by atoms with Gasteiger partial charge in [-0.1, -0.05) is 0 Å². The first-order chi connectivity index (χ1) is 9.18. The molecule has 0 aliphatic rings. The average molecular weight is 261 g/mol. The Kier molecular flexibility index (Phi) is 4.07. The molecule has 2 rings (SSSR count). The molecule has 2 aromatic heterocycles. The maximum atomic E-state index is 10.8. The van der Waals surface area contributed by atoms with Crippen molar-refractivity contribution < 1.29 is 4.92 Å². The fraction of sp³-hybridized carbons (Fsp3) is 0.333. The van der Waals surface area contributed by atoms with Gasteiger partial charge in [0.2, 0.25) is 0 Å². The second-order valence-electron chi connectivity index (χ2n) is 4.18. The van der Waals surface area contributed by atoms with Crippen LogP contribution in [0.3, 0.4) is 0 Å². The number of anilines is 1. The Morgan fingerprint density at radius 2 is 2.37 bits per heavy atom. The highest BCUT2D eigenvalue weighted by molar-refractivity contribution is 5.56. The Bertz CT molecular complexity index is 567. The normalized spacial score (nSPS) is 10.4. The van der Waals surface area contributed by atoms with Gasteiger partial charge < -0.3 is 15.4 Å². The first kappa shape index (κ1) is 13.0. The van der Waals surface area contributed by atoms with Crippen LogP contribution in [0.15, 0.2) is 24.5 Å². The van der Waals surface area contributed by atoms with E-state index in [1.165, 1.54) is 11.8 Å². The molecule has 100 valence electrons. The molecule has 0 spiro atoms. The van der Waals surface area contributed by atoms with Gasteiger partial charge in [-0.05, 0) is 47.4 Å². The van der Waals surface area contributed by atoms with Gasteiger partial charge in [-0.3, -0.25) is 5.10 Å². The third-order valence-electron chi connectivity index (χ3n) is 2.83. The molecule has 2 aromatic rings. The predicted octanol–water partition coefficient (Wildman–Crippen LogP) is 2.07. The Balaban J connectivity index is 1.86. The average Bonchev–Trinajstić information content (AvgIpc) is 2.80. The molecule has 7 heteroatoms. The highest BCUT2D eigenvalue weighted by atomic mass is 16.6. The lowest BCUT2D eigenvalue weighted by Crippen LogP contribution is -2.06. The summed E-state index contributed by atoms with van der Waals surface area (Å²) in [5, 5.41) is 20.7. The van der Waals surface area contributed by atoms with Crippen molar-refractivity contribution in [3.63, 3.8) is 0 Å². The van der Waals surface area contributed by atoms with Gasteiger partial charge >= 0.3 is 5.82 Å². The highest BCUT2D eigenvalue weighted by Gasteiger charge is 2.13. The Morgan fingerprint density at radius 3 is 3.05 bits per heavy atom. The Hall–Kier alpha value is -2.44. The van der Waals surface area contributed by atoms with Crippen molar-refractivity contribution in [3.05, 3.63) is 45.9 Å². The molecule has 2 heterocycles. The number of aryl methyl sites for hydroxylation is 2. The summed E-state index contributed by atoms with van der Waals surface area (Å²) in [5.74, 6) is -0.137. The summed E-state index contributed by atoms with van der Waals surface area (Å²) in [6.45, 7) is 2.62. The van der Waals surface area contributed by atoms with Crippen LogP contribution >= 0.6 is 0 Å². The van der Waals surface area contributed by atoms with Crippen LogP contribution < -0.4 is 5.32 Å². The molecule has 0 aliphatic carbocycles. The van der Waals surface area contributed by atoms with Gasteiger partial charge in [0.1, 0.15) is 11.9 Å². The van der Waals surface area contributed by atoms with Gasteiger partial charge in [-0.2, -0.15) is 5.10 Å². The predicted molar refractivity (Wildman–Crippen MR) is 71.0 cm³/mol. The number of hydrogen-bond donors (Lipinski definition) is 2. The SMILES string of the molecule is Cc1[nH]ncc1CCCNc1cccnc1[N+](=O)[O-]. The van der Waals surface area contributed by atoms with Crippen molar-refractivity contribution in [2.45, 2.75) is 19.8 Å². The van der Waals surface area contributed by atoms with Gasteiger partial charge in [0.25, 0.3) is 0 Å². The van der Waals surface area contributed by atoms with Crippen molar-refractivity contribution in [1.29, 1.82) is 0 Å². The Morgan fingerprint density at radius 1 is 1.53 bits per heavy atom. The summed E-state index contributed by atoms with van der Waals surface area (Å²) in [5.41, 5.74) is 2.69. The van der Waals surface area contributed by atoms with Crippen LogP contribution in [0.4, 0.5) is 11.5 Å². The molecule has 0 amide bonds. The monoisotopic (exact) mass is 261 g/mol. The molecule has 7 nitrogen and oxygen atoms in total. The largest absolute Gasteiger partial charge is 0.386 e. The van der Waals surface area contributed by atoms with Crippen LogP contribution in [-0.2, 0) is 6.42 Å². The zero-order valence-electron chi connectivity index (χ0n) is 10.6. The number of rotatable bonds is 6. The molecule has 0 radical (unpaired) electrons. The molecule has 2 N–H and O–H groups in total. The minimum Gasteiger partial charge on any atom is -0.378 e. The topological polar surface area (TPSA) is 96.7 Å². The van der Waals surface area contributed by atoms with E-state index in [9.17, 15) is 10.1 Å². The minimum atomic E-state index is -0.484. The number of H-pyrrole nitrogens is 1. The summed E-state index contributed by atoms with van der Waals surface area (Å²) in [4.78, 5) is 14.0. The van der Waals surface area contributed by atoms with Crippen molar-refractivity contribution in [1.82, 2.24) is 15.2 Å². The Labute approximate surface area is 110 Å². The molecular formula is C12H15N5O2. The zero-order chi connectivity index (χ0) is 13.7.